The largest absolute Gasteiger partial charge is 0.495 e. The number of aromatic amines is 1. The Bertz CT molecular complexity index is 1050. The van der Waals surface area contributed by atoms with Gasteiger partial charge in [-0.3, -0.25) is 14.9 Å². The Balaban J connectivity index is 1.76. The highest BCUT2D eigenvalue weighted by Gasteiger charge is 2.23. The van der Waals surface area contributed by atoms with Gasteiger partial charge in [-0.2, -0.15) is 0 Å². The van der Waals surface area contributed by atoms with Crippen LogP contribution in [0.3, 0.4) is 0 Å². The Morgan fingerprint density at radius 1 is 1.36 bits per heavy atom. The molecule has 28 heavy (non-hydrogen) atoms. The number of hydrogen-bond donors (Lipinski definition) is 2. The molecule has 0 bridgehead atoms. The number of thioether (sulfide) groups is 1. The lowest BCUT2D eigenvalue weighted by molar-refractivity contribution is -0.385. The molecule has 0 aliphatic heterocycles. The van der Waals surface area contributed by atoms with Gasteiger partial charge in [-0.1, -0.05) is 0 Å². The van der Waals surface area contributed by atoms with Crippen molar-refractivity contribution in [2.75, 3.05) is 19.9 Å². The normalized spacial score (nSPS) is 10.8. The van der Waals surface area contributed by atoms with Crippen LogP contribution in [-0.4, -0.2) is 35.7 Å². The molecule has 3 rings (SSSR count). The fourth-order valence-electron chi connectivity index (χ4n) is 2.97. The molecule has 0 saturated carbocycles. The second-order valence-electron chi connectivity index (χ2n) is 5.99. The van der Waals surface area contributed by atoms with Gasteiger partial charge < -0.3 is 15.0 Å². The molecule has 0 fully saturated rings. The monoisotopic (exact) mass is 403 g/mol. The Morgan fingerprint density at radius 3 is 2.82 bits per heavy atom. The predicted molar refractivity (Wildman–Crippen MR) is 106 cm³/mol. The zero-order valence-electron chi connectivity index (χ0n) is 15.2. The zero-order chi connectivity index (χ0) is 20.3. The van der Waals surface area contributed by atoms with Crippen molar-refractivity contribution in [2.24, 2.45) is 0 Å². The van der Waals surface area contributed by atoms with Gasteiger partial charge in [0.2, 0.25) is 0 Å². The Morgan fingerprint density at radius 2 is 2.14 bits per heavy atom. The van der Waals surface area contributed by atoms with Crippen molar-refractivity contribution >= 4 is 34.3 Å². The molecule has 3 aromatic rings. The third-order valence-corrected chi connectivity index (χ3v) is 5.11. The number of methoxy groups -OCH3 is 1. The van der Waals surface area contributed by atoms with Crippen LogP contribution in [0.25, 0.3) is 10.9 Å². The van der Waals surface area contributed by atoms with E-state index in [0.29, 0.717) is 22.6 Å². The van der Waals surface area contributed by atoms with E-state index in [1.165, 1.54) is 43.1 Å². The number of amides is 1. The van der Waals surface area contributed by atoms with E-state index in [1.54, 1.807) is 18.5 Å². The number of H-pyrrole nitrogens is 1. The van der Waals surface area contributed by atoms with E-state index in [2.05, 4.69) is 10.3 Å². The highest BCUT2D eigenvalue weighted by atomic mass is 32.2. The van der Waals surface area contributed by atoms with Crippen molar-refractivity contribution in [2.45, 2.75) is 11.3 Å². The fourth-order valence-corrected chi connectivity index (χ4v) is 3.55. The number of nitrogens with zero attached hydrogens (tertiary/aromatic N) is 1. The third kappa shape index (κ3) is 3.94. The van der Waals surface area contributed by atoms with Gasteiger partial charge in [0.25, 0.3) is 11.6 Å². The first-order valence-electron chi connectivity index (χ1n) is 8.38. The SMILES string of the molecule is COc1cc([N+](=O)[O-])c(C(=O)NCCc2c[nH]c3cc(F)ccc23)cc1SC. The van der Waals surface area contributed by atoms with Gasteiger partial charge in [-0.15, -0.1) is 11.8 Å². The molecule has 1 heterocycles. The van der Waals surface area contributed by atoms with Crippen molar-refractivity contribution in [1.29, 1.82) is 0 Å². The molecule has 0 aliphatic carbocycles. The molecule has 2 aromatic carbocycles. The lowest BCUT2D eigenvalue weighted by Crippen LogP contribution is -2.26. The van der Waals surface area contributed by atoms with Gasteiger partial charge in [-0.05, 0) is 42.5 Å². The molecular weight excluding hydrogens is 385 g/mol. The van der Waals surface area contributed by atoms with Crippen LogP contribution < -0.4 is 10.1 Å². The molecule has 1 aromatic heterocycles. The topological polar surface area (TPSA) is 97.3 Å². The lowest BCUT2D eigenvalue weighted by Gasteiger charge is -2.10. The van der Waals surface area contributed by atoms with E-state index < -0.39 is 10.8 Å². The summed E-state index contributed by atoms with van der Waals surface area (Å²) in [6.07, 6.45) is 4.06. The summed E-state index contributed by atoms with van der Waals surface area (Å²) in [6, 6.07) is 7.18. The van der Waals surface area contributed by atoms with Gasteiger partial charge in [0.1, 0.15) is 17.1 Å². The van der Waals surface area contributed by atoms with Crippen LogP contribution in [0.2, 0.25) is 0 Å². The highest BCUT2D eigenvalue weighted by molar-refractivity contribution is 7.98. The van der Waals surface area contributed by atoms with E-state index in [1.807, 2.05) is 0 Å². The summed E-state index contributed by atoms with van der Waals surface area (Å²) in [5, 5.41) is 14.9. The second-order valence-corrected chi connectivity index (χ2v) is 6.84. The Labute approximate surface area is 164 Å². The zero-order valence-corrected chi connectivity index (χ0v) is 16.1. The highest BCUT2D eigenvalue weighted by Crippen LogP contribution is 2.34. The molecule has 146 valence electrons. The van der Waals surface area contributed by atoms with E-state index in [0.717, 1.165) is 10.9 Å². The van der Waals surface area contributed by atoms with Gasteiger partial charge >= 0.3 is 0 Å². The van der Waals surface area contributed by atoms with Crippen molar-refractivity contribution in [3.63, 3.8) is 0 Å². The predicted octanol–water partition coefficient (Wildman–Crippen LogP) is 3.92. The van der Waals surface area contributed by atoms with Crippen LogP contribution in [0.4, 0.5) is 10.1 Å². The van der Waals surface area contributed by atoms with Gasteiger partial charge in [-0.25, -0.2) is 4.39 Å². The maximum atomic E-state index is 13.3. The van der Waals surface area contributed by atoms with Crippen LogP contribution >= 0.6 is 11.8 Å². The molecule has 0 radical (unpaired) electrons. The van der Waals surface area contributed by atoms with Gasteiger partial charge in [0.05, 0.1) is 23.0 Å². The number of nitro benzene ring substituents is 1. The number of nitrogens with one attached hydrogen (secondary N) is 2. The number of hydrogen-bond acceptors (Lipinski definition) is 5. The Kier molecular flexibility index (Phi) is 5.84. The van der Waals surface area contributed by atoms with E-state index >= 15 is 0 Å². The number of rotatable bonds is 7. The molecule has 7 nitrogen and oxygen atoms in total. The fraction of sp³-hybridized carbons (Fsp3) is 0.211. The summed E-state index contributed by atoms with van der Waals surface area (Å²) in [4.78, 5) is 26.9. The van der Waals surface area contributed by atoms with Crippen LogP contribution in [-0.2, 0) is 6.42 Å². The standard InChI is InChI=1S/C19H18FN3O4S/c1-27-17-9-16(23(25)26)14(8-18(17)28-2)19(24)21-6-5-11-10-22-15-7-12(20)3-4-13(11)15/h3-4,7-10,22H,5-6H2,1-2H3,(H,21,24). The van der Waals surface area contributed by atoms with E-state index in [9.17, 15) is 19.3 Å². The molecular formula is C19H18FN3O4S. The molecule has 0 atom stereocenters. The van der Waals surface area contributed by atoms with Crippen molar-refractivity contribution in [3.05, 3.63) is 63.6 Å². The van der Waals surface area contributed by atoms with Crippen LogP contribution in [0.5, 0.6) is 5.75 Å². The molecule has 0 spiro atoms. The summed E-state index contributed by atoms with van der Waals surface area (Å²) in [5.74, 6) is -0.511. The lowest BCUT2D eigenvalue weighted by atomic mass is 10.1. The summed E-state index contributed by atoms with van der Waals surface area (Å²) in [7, 11) is 1.42. The first kappa shape index (κ1) is 19.7. The maximum absolute atomic E-state index is 13.3. The first-order valence-corrected chi connectivity index (χ1v) is 9.61. The van der Waals surface area contributed by atoms with Crippen molar-refractivity contribution in [1.82, 2.24) is 10.3 Å². The minimum Gasteiger partial charge on any atom is -0.495 e. The van der Waals surface area contributed by atoms with Crippen LogP contribution in [0.15, 0.2) is 41.4 Å². The quantitative estimate of drug-likeness (QED) is 0.354. The van der Waals surface area contributed by atoms with Crippen LogP contribution in [0.1, 0.15) is 15.9 Å². The number of nitro groups is 1. The third-order valence-electron chi connectivity index (χ3n) is 4.35. The maximum Gasteiger partial charge on any atom is 0.285 e. The number of fused-ring (bicyclic) bond motifs is 1. The van der Waals surface area contributed by atoms with Gasteiger partial charge in [0, 0.05) is 23.6 Å². The van der Waals surface area contributed by atoms with Gasteiger partial charge in [0.15, 0.2) is 0 Å². The molecule has 0 saturated heterocycles. The number of ether oxygens (including phenoxy) is 1. The summed E-state index contributed by atoms with van der Waals surface area (Å²) in [5.41, 5.74) is 1.27. The molecule has 1 amide bonds. The Hall–Kier alpha value is -3.07. The molecule has 0 aliphatic rings. The summed E-state index contributed by atoms with van der Waals surface area (Å²) >= 11 is 1.33. The second kappa shape index (κ2) is 8.30. The summed E-state index contributed by atoms with van der Waals surface area (Å²) in [6.45, 7) is 0.279. The number of benzene rings is 2. The van der Waals surface area contributed by atoms with E-state index in [4.69, 9.17) is 4.74 Å². The first-order chi connectivity index (χ1) is 13.4. The minimum atomic E-state index is -0.601. The smallest absolute Gasteiger partial charge is 0.285 e. The average Bonchev–Trinajstić information content (AvgIpc) is 3.08. The number of carbonyl (C=O) groups is 1. The van der Waals surface area contributed by atoms with Crippen LogP contribution in [0, 0.1) is 15.9 Å². The van der Waals surface area contributed by atoms with Crippen molar-refractivity contribution in [3.8, 4) is 5.75 Å². The van der Waals surface area contributed by atoms with E-state index in [-0.39, 0.29) is 23.6 Å². The molecule has 9 heteroatoms. The average molecular weight is 403 g/mol. The number of halogens is 1. The minimum absolute atomic E-state index is 0.0175. The number of aromatic nitrogens is 1. The molecule has 0 unspecified atom stereocenters. The summed E-state index contributed by atoms with van der Waals surface area (Å²) < 4.78 is 18.4. The van der Waals surface area contributed by atoms with Crippen molar-refractivity contribution < 1.29 is 18.8 Å². The number of carbonyl (C=O) groups excluding carboxylic acids is 1. The molecule has 2 N–H and O–H groups in total.